The lowest BCUT2D eigenvalue weighted by Crippen LogP contribution is -2.30. The molecule has 1 N–H and O–H groups in total. The van der Waals surface area contributed by atoms with E-state index in [1.54, 1.807) is 19.2 Å². The van der Waals surface area contributed by atoms with Crippen LogP contribution in [0, 0.1) is 11.5 Å². The summed E-state index contributed by atoms with van der Waals surface area (Å²) in [6, 6.07) is 1.64. The van der Waals surface area contributed by atoms with Gasteiger partial charge in [0.1, 0.15) is 25.2 Å². The zero-order chi connectivity index (χ0) is 15.3. The monoisotopic (exact) mass is 292 g/mol. The number of amides is 1. The quantitative estimate of drug-likeness (QED) is 0.687. The average Bonchev–Trinajstić information content (AvgIpc) is 2.36. The molecule has 108 valence electrons. The van der Waals surface area contributed by atoms with Gasteiger partial charge in [0.25, 0.3) is 0 Å². The number of hydrogen-bond acceptors (Lipinski definition) is 3. The van der Waals surface area contributed by atoms with Crippen LogP contribution in [0.2, 0.25) is 19.6 Å². The number of hydrogen-bond donors (Lipinski definition) is 1. The van der Waals surface area contributed by atoms with Crippen molar-refractivity contribution in [3.63, 3.8) is 0 Å². The highest BCUT2D eigenvalue weighted by Crippen LogP contribution is 2.30. The number of anilines is 1. The number of methoxy groups -OCH3 is 1. The van der Waals surface area contributed by atoms with Crippen LogP contribution in [-0.2, 0) is 0 Å². The smallest absolute Gasteiger partial charge is 0.412 e. The Hall–Kier alpha value is -2.00. The maximum atomic E-state index is 11.4. The second-order valence-corrected chi connectivity index (χ2v) is 9.99. The van der Waals surface area contributed by atoms with E-state index in [1.165, 1.54) is 12.0 Å². The van der Waals surface area contributed by atoms with Gasteiger partial charge >= 0.3 is 6.09 Å². The van der Waals surface area contributed by atoms with Gasteiger partial charge < -0.3 is 9.84 Å². The predicted octanol–water partition coefficient (Wildman–Crippen LogP) is 2.82. The highest BCUT2D eigenvalue weighted by Gasteiger charge is 2.21. The summed E-state index contributed by atoms with van der Waals surface area (Å²) in [7, 11) is -0.0663. The van der Waals surface area contributed by atoms with Crippen LogP contribution in [0.1, 0.15) is 12.6 Å². The maximum Gasteiger partial charge on any atom is 0.412 e. The van der Waals surface area contributed by atoms with E-state index in [4.69, 9.17) is 4.74 Å². The van der Waals surface area contributed by atoms with Crippen molar-refractivity contribution in [2.24, 2.45) is 0 Å². The summed E-state index contributed by atoms with van der Waals surface area (Å²) in [5.74, 6) is 3.48. The van der Waals surface area contributed by atoms with Crippen LogP contribution in [0.15, 0.2) is 12.3 Å². The van der Waals surface area contributed by atoms with Gasteiger partial charge in [-0.2, -0.15) is 0 Å². The Bertz CT molecular complexity index is 556. The van der Waals surface area contributed by atoms with E-state index in [9.17, 15) is 9.90 Å². The van der Waals surface area contributed by atoms with Gasteiger partial charge in [-0.25, -0.2) is 9.78 Å². The Labute approximate surface area is 120 Å². The first kappa shape index (κ1) is 16.1. The second-order valence-electron chi connectivity index (χ2n) is 5.24. The van der Waals surface area contributed by atoms with Gasteiger partial charge in [-0.3, -0.25) is 4.90 Å². The third-order valence-electron chi connectivity index (χ3n) is 2.48. The molecule has 0 aliphatic rings. The summed E-state index contributed by atoms with van der Waals surface area (Å²) >= 11 is 0. The number of pyridine rings is 1. The first-order valence-electron chi connectivity index (χ1n) is 6.36. The highest BCUT2D eigenvalue weighted by atomic mass is 28.3. The predicted molar refractivity (Wildman–Crippen MR) is 82.1 cm³/mol. The van der Waals surface area contributed by atoms with Crippen molar-refractivity contribution < 1.29 is 14.6 Å². The molecule has 5 nitrogen and oxygen atoms in total. The van der Waals surface area contributed by atoms with Crippen LogP contribution in [0.4, 0.5) is 10.5 Å². The first-order valence-corrected chi connectivity index (χ1v) is 9.86. The molecule has 0 spiro atoms. The summed E-state index contributed by atoms with van der Waals surface area (Å²) in [5, 5.41) is 9.30. The van der Waals surface area contributed by atoms with Crippen LogP contribution in [0.25, 0.3) is 0 Å². The molecule has 1 heterocycles. The Kier molecular flexibility index (Phi) is 5.17. The van der Waals surface area contributed by atoms with Crippen LogP contribution < -0.4 is 9.64 Å². The van der Waals surface area contributed by atoms with Gasteiger partial charge in [-0.05, 0) is 6.92 Å². The summed E-state index contributed by atoms with van der Waals surface area (Å²) in [6.07, 6.45) is 0.529. The van der Waals surface area contributed by atoms with E-state index in [0.717, 1.165) is 0 Å². The third kappa shape index (κ3) is 4.00. The average molecular weight is 292 g/mol. The third-order valence-corrected chi connectivity index (χ3v) is 3.36. The van der Waals surface area contributed by atoms with Gasteiger partial charge in [-0.15, -0.1) is 5.54 Å². The number of carbonyl (C=O) groups is 1. The molecule has 0 aromatic carbocycles. The molecule has 6 heteroatoms. The molecule has 1 aromatic rings. The minimum absolute atomic E-state index is 0.305. The Morgan fingerprint density at radius 3 is 2.60 bits per heavy atom. The van der Waals surface area contributed by atoms with E-state index in [-0.39, 0.29) is 0 Å². The molecule has 1 amide bonds. The molecule has 0 saturated heterocycles. The fourth-order valence-electron chi connectivity index (χ4n) is 1.59. The Morgan fingerprint density at radius 1 is 1.50 bits per heavy atom. The summed E-state index contributed by atoms with van der Waals surface area (Å²) in [6.45, 7) is 8.42. The normalized spacial score (nSPS) is 10.4. The maximum absolute atomic E-state index is 11.4. The van der Waals surface area contributed by atoms with Crippen LogP contribution in [0.5, 0.6) is 5.75 Å². The minimum Gasteiger partial charge on any atom is -0.494 e. The molecule has 0 saturated carbocycles. The van der Waals surface area contributed by atoms with E-state index in [1.807, 2.05) is 0 Å². The van der Waals surface area contributed by atoms with E-state index < -0.39 is 14.2 Å². The number of aromatic nitrogens is 1. The number of nitrogens with zero attached hydrogens (tertiary/aromatic N) is 2. The fraction of sp³-hybridized carbons (Fsp3) is 0.429. The van der Waals surface area contributed by atoms with E-state index >= 15 is 0 Å². The van der Waals surface area contributed by atoms with Crippen molar-refractivity contribution in [2.45, 2.75) is 26.6 Å². The molecule has 1 rings (SSSR count). The molecule has 1 aromatic heterocycles. The Morgan fingerprint density at radius 2 is 2.15 bits per heavy atom. The van der Waals surface area contributed by atoms with Crippen molar-refractivity contribution in [2.75, 3.05) is 18.6 Å². The lowest BCUT2D eigenvalue weighted by molar-refractivity contribution is 0.202. The van der Waals surface area contributed by atoms with Gasteiger partial charge in [0, 0.05) is 18.8 Å². The highest BCUT2D eigenvalue weighted by molar-refractivity contribution is 6.83. The molecule has 0 fully saturated rings. The lowest BCUT2D eigenvalue weighted by Gasteiger charge is -2.20. The molecule has 0 aliphatic heterocycles. The van der Waals surface area contributed by atoms with Crippen molar-refractivity contribution in [1.82, 2.24) is 4.98 Å². The van der Waals surface area contributed by atoms with Gasteiger partial charge in [0.2, 0.25) is 0 Å². The SMILES string of the molecule is CCN(C(=O)O)c1c(OC)ccnc1C#C[Si](C)(C)C. The molecule has 20 heavy (non-hydrogen) atoms. The zero-order valence-electron chi connectivity index (χ0n) is 12.5. The second kappa shape index (κ2) is 6.44. The van der Waals surface area contributed by atoms with Crippen LogP contribution in [-0.4, -0.2) is 37.9 Å². The van der Waals surface area contributed by atoms with E-state index in [2.05, 4.69) is 36.1 Å². The van der Waals surface area contributed by atoms with Crippen molar-refractivity contribution in [1.29, 1.82) is 0 Å². The molecular formula is C14H20N2O3Si. The standard InChI is InChI=1S/C14H20N2O3Si/c1-6-16(14(17)18)13-11(8-10-20(3,4)5)15-9-7-12(13)19-2/h7,9H,6H2,1-5H3,(H,17,18). The van der Waals surface area contributed by atoms with Gasteiger partial charge in [0.05, 0.1) is 7.11 Å². The van der Waals surface area contributed by atoms with Gasteiger partial charge in [0.15, 0.2) is 0 Å². The molecule has 0 aliphatic carbocycles. The molecular weight excluding hydrogens is 272 g/mol. The van der Waals surface area contributed by atoms with Gasteiger partial charge in [-0.1, -0.05) is 25.6 Å². The zero-order valence-corrected chi connectivity index (χ0v) is 13.5. The first-order chi connectivity index (χ1) is 9.30. The van der Waals surface area contributed by atoms with E-state index in [0.29, 0.717) is 23.7 Å². The van der Waals surface area contributed by atoms with Crippen molar-refractivity contribution >= 4 is 19.9 Å². The van der Waals surface area contributed by atoms with Crippen molar-refractivity contribution in [3.8, 4) is 17.2 Å². The summed E-state index contributed by atoms with van der Waals surface area (Å²) < 4.78 is 5.25. The largest absolute Gasteiger partial charge is 0.494 e. The molecule has 0 bridgehead atoms. The van der Waals surface area contributed by atoms with Crippen LogP contribution >= 0.6 is 0 Å². The Balaban J connectivity index is 3.44. The van der Waals surface area contributed by atoms with Crippen molar-refractivity contribution in [3.05, 3.63) is 18.0 Å². The van der Waals surface area contributed by atoms with Crippen LogP contribution in [0.3, 0.4) is 0 Å². The number of ether oxygens (including phenoxy) is 1. The summed E-state index contributed by atoms with van der Waals surface area (Å²) in [5.41, 5.74) is 4.05. The molecule has 0 unspecified atom stereocenters. The number of rotatable bonds is 3. The lowest BCUT2D eigenvalue weighted by atomic mass is 10.2. The topological polar surface area (TPSA) is 62.7 Å². The summed E-state index contributed by atoms with van der Waals surface area (Å²) in [4.78, 5) is 16.8. The minimum atomic E-state index is -1.57. The molecule has 0 atom stereocenters. The molecule has 0 radical (unpaired) electrons. The number of carboxylic acid groups (broad SMARTS) is 1. The fourth-order valence-corrected chi connectivity index (χ4v) is 2.08.